The molecule has 0 radical (unpaired) electrons. The first-order valence-electron chi connectivity index (χ1n) is 6.98. The molecule has 1 aliphatic heterocycles. The maximum atomic E-state index is 9.58. The minimum atomic E-state index is -0.297. The average Bonchev–Trinajstić information content (AvgIpc) is 2.56. The second-order valence-electron chi connectivity index (χ2n) is 5.18. The number of benzene rings is 1. The summed E-state index contributed by atoms with van der Waals surface area (Å²) in [5, 5.41) is 22.4. The first kappa shape index (κ1) is 15.4. The van der Waals surface area contributed by atoms with Gasteiger partial charge >= 0.3 is 0 Å². The molecular formula is C17H13N3OS2. The standard InChI is InChI=1S/C17H13N3OS2/c18-10-13-14(11-4-6-12(21)7-5-11)15(17(23)19-16(13)22)20-8-2-1-3-9-20/h1-9,14-15H,(H2-,19,21,22,23)/t14-,15+/m1/s1. The van der Waals surface area contributed by atoms with Gasteiger partial charge in [0.25, 0.3) is 0 Å². The number of thiocarbonyl (C=S) groups is 1. The third kappa shape index (κ3) is 2.89. The Bertz CT molecular complexity index is 810. The van der Waals surface area contributed by atoms with Crippen LogP contribution in [0.15, 0.2) is 65.5 Å². The van der Waals surface area contributed by atoms with E-state index in [1.54, 1.807) is 24.3 Å². The molecule has 1 aromatic carbocycles. The van der Waals surface area contributed by atoms with E-state index in [1.807, 2.05) is 35.2 Å². The molecule has 0 unspecified atom stereocenters. The van der Waals surface area contributed by atoms with Crippen LogP contribution < -0.4 is 9.88 Å². The third-order valence-electron chi connectivity index (χ3n) is 3.81. The largest absolute Gasteiger partial charge is 0.761 e. The number of nitrogens with zero attached hydrogens (tertiary/aromatic N) is 2. The summed E-state index contributed by atoms with van der Waals surface area (Å²) in [4.78, 5) is 0.572. The molecule has 6 heteroatoms. The van der Waals surface area contributed by atoms with Gasteiger partial charge in [0.05, 0.1) is 12.0 Å². The monoisotopic (exact) mass is 339 g/mol. The Morgan fingerprint density at radius 3 is 2.43 bits per heavy atom. The smallest absolute Gasteiger partial charge is 0.219 e. The van der Waals surface area contributed by atoms with Gasteiger partial charge in [-0.2, -0.15) is 9.83 Å². The number of aromatic nitrogens is 1. The van der Waals surface area contributed by atoms with Crippen molar-refractivity contribution in [3.8, 4) is 11.8 Å². The van der Waals surface area contributed by atoms with Crippen molar-refractivity contribution in [2.75, 3.05) is 0 Å². The quantitative estimate of drug-likeness (QED) is 0.499. The summed E-state index contributed by atoms with van der Waals surface area (Å²) in [6.07, 6.45) is 3.82. The predicted octanol–water partition coefficient (Wildman–Crippen LogP) is 2.22. The van der Waals surface area contributed by atoms with E-state index in [2.05, 4.69) is 11.4 Å². The second kappa shape index (κ2) is 6.32. The van der Waals surface area contributed by atoms with Gasteiger partial charge in [0.15, 0.2) is 12.4 Å². The highest BCUT2D eigenvalue weighted by Crippen LogP contribution is 2.37. The molecule has 114 valence electrons. The zero-order chi connectivity index (χ0) is 16.4. The molecule has 1 aromatic heterocycles. The lowest BCUT2D eigenvalue weighted by Crippen LogP contribution is -2.52. The number of nitriles is 1. The predicted molar refractivity (Wildman–Crippen MR) is 92.3 cm³/mol. The van der Waals surface area contributed by atoms with Crippen LogP contribution >= 0.6 is 12.2 Å². The molecule has 2 N–H and O–H groups in total. The highest BCUT2D eigenvalue weighted by Gasteiger charge is 2.40. The van der Waals surface area contributed by atoms with Crippen LogP contribution in [0.4, 0.5) is 0 Å². The van der Waals surface area contributed by atoms with E-state index in [9.17, 15) is 10.4 Å². The van der Waals surface area contributed by atoms with Gasteiger partial charge in [-0.3, -0.25) is 0 Å². The van der Waals surface area contributed by atoms with Crippen LogP contribution in [-0.4, -0.2) is 10.1 Å². The number of allylic oxidation sites excluding steroid dienone is 1. The van der Waals surface area contributed by atoms with Crippen molar-refractivity contribution >= 4 is 29.8 Å². The zero-order valence-corrected chi connectivity index (χ0v) is 13.6. The highest BCUT2D eigenvalue weighted by molar-refractivity contribution is 7.80. The van der Waals surface area contributed by atoms with Crippen molar-refractivity contribution in [3.63, 3.8) is 0 Å². The molecule has 0 fully saturated rings. The van der Waals surface area contributed by atoms with Gasteiger partial charge in [-0.15, -0.1) is 0 Å². The summed E-state index contributed by atoms with van der Waals surface area (Å²) < 4.78 is 1.96. The molecule has 0 saturated carbocycles. The van der Waals surface area contributed by atoms with Crippen LogP contribution in [0.3, 0.4) is 0 Å². The van der Waals surface area contributed by atoms with Crippen molar-refractivity contribution in [1.29, 1.82) is 5.26 Å². The van der Waals surface area contributed by atoms with Crippen LogP contribution in [0.1, 0.15) is 17.5 Å². The molecule has 2 aromatic rings. The molecule has 3 rings (SSSR count). The van der Waals surface area contributed by atoms with Crippen molar-refractivity contribution in [3.05, 3.63) is 71.0 Å². The van der Waals surface area contributed by atoms with Crippen LogP contribution in [0.25, 0.3) is 0 Å². The number of phenols is 1. The number of pyridine rings is 1. The Hall–Kier alpha value is -2.49. The minimum Gasteiger partial charge on any atom is -0.761 e. The number of aromatic hydroxyl groups is 1. The van der Waals surface area contributed by atoms with Crippen molar-refractivity contribution in [1.82, 2.24) is 5.32 Å². The first-order chi connectivity index (χ1) is 11.1. The molecule has 0 amide bonds. The molecule has 2 atom stereocenters. The molecule has 23 heavy (non-hydrogen) atoms. The Morgan fingerprint density at radius 1 is 1.17 bits per heavy atom. The average molecular weight is 339 g/mol. The van der Waals surface area contributed by atoms with Crippen molar-refractivity contribution in [2.24, 2.45) is 0 Å². The highest BCUT2D eigenvalue weighted by atomic mass is 32.1. The second-order valence-corrected chi connectivity index (χ2v) is 6.03. The summed E-state index contributed by atoms with van der Waals surface area (Å²) in [6, 6.07) is 14.5. The molecule has 1 aliphatic rings. The number of hydrogen-bond donors (Lipinski definition) is 2. The molecule has 2 heterocycles. The number of hydrogen-bond acceptors (Lipinski definition) is 4. The van der Waals surface area contributed by atoms with Crippen LogP contribution in [0.2, 0.25) is 0 Å². The fraction of sp³-hybridized carbons (Fsp3) is 0.118. The Labute approximate surface area is 145 Å². The van der Waals surface area contributed by atoms with Gasteiger partial charge < -0.3 is 23.1 Å². The van der Waals surface area contributed by atoms with Gasteiger partial charge in [0.2, 0.25) is 6.04 Å². The summed E-state index contributed by atoms with van der Waals surface area (Å²) in [5.41, 5.74) is 1.35. The molecule has 0 saturated heterocycles. The lowest BCUT2D eigenvalue weighted by atomic mass is 9.83. The zero-order valence-electron chi connectivity index (χ0n) is 12.0. The van der Waals surface area contributed by atoms with Gasteiger partial charge in [-0.25, -0.2) is 0 Å². The van der Waals surface area contributed by atoms with Crippen molar-refractivity contribution in [2.45, 2.75) is 12.0 Å². The summed E-state index contributed by atoms with van der Waals surface area (Å²) in [5.74, 6) is -0.121. The van der Waals surface area contributed by atoms with Gasteiger partial charge in [-0.1, -0.05) is 35.4 Å². The molecule has 0 bridgehead atoms. The van der Waals surface area contributed by atoms with Crippen LogP contribution in [0, 0.1) is 11.3 Å². The van der Waals surface area contributed by atoms with Crippen LogP contribution in [0.5, 0.6) is 5.75 Å². The fourth-order valence-electron chi connectivity index (χ4n) is 2.76. The maximum Gasteiger partial charge on any atom is 0.219 e. The van der Waals surface area contributed by atoms with Gasteiger partial charge in [-0.05, 0) is 17.7 Å². The molecule has 4 nitrogen and oxygen atoms in total. The summed E-state index contributed by atoms with van der Waals surface area (Å²) in [7, 11) is 0. The van der Waals surface area contributed by atoms with E-state index in [-0.39, 0.29) is 17.7 Å². The SMILES string of the molecule is N#CC1=C([S-])NC(=S)[C@@H]([n+]2ccccc2)[C@@H]1c1ccc(O)cc1. The summed E-state index contributed by atoms with van der Waals surface area (Å²) >= 11 is 10.8. The van der Waals surface area contributed by atoms with E-state index >= 15 is 0 Å². The normalized spacial score (nSPS) is 20.7. The lowest BCUT2D eigenvalue weighted by molar-refractivity contribution is -0.708. The maximum absolute atomic E-state index is 9.58. The van der Waals surface area contributed by atoms with Gasteiger partial charge in [0.1, 0.15) is 10.7 Å². The first-order valence-corrected chi connectivity index (χ1v) is 7.80. The molecule has 0 aliphatic carbocycles. The van der Waals surface area contributed by atoms with E-state index in [1.165, 1.54) is 0 Å². The Kier molecular flexibility index (Phi) is 4.24. The Morgan fingerprint density at radius 2 is 1.83 bits per heavy atom. The minimum absolute atomic E-state index is 0.176. The number of phenolic OH excluding ortho intramolecular Hbond substituents is 1. The number of rotatable bonds is 2. The number of nitrogens with one attached hydrogen (secondary N) is 1. The fourth-order valence-corrected chi connectivity index (χ4v) is 3.47. The van der Waals surface area contributed by atoms with E-state index < -0.39 is 0 Å². The van der Waals surface area contributed by atoms with E-state index in [0.29, 0.717) is 15.6 Å². The van der Waals surface area contributed by atoms with Crippen molar-refractivity contribution < 1.29 is 9.67 Å². The third-order valence-corrected chi connectivity index (χ3v) is 4.47. The van der Waals surface area contributed by atoms with Crippen LogP contribution in [-0.2, 0) is 12.6 Å². The Balaban J connectivity index is 2.18. The summed E-state index contributed by atoms with van der Waals surface area (Å²) in [6.45, 7) is 0. The van der Waals surface area contributed by atoms with E-state index in [4.69, 9.17) is 24.8 Å². The molecular weight excluding hydrogens is 326 g/mol. The lowest BCUT2D eigenvalue weighted by Gasteiger charge is -2.34. The molecule has 0 spiro atoms. The topological polar surface area (TPSA) is 59.9 Å². The van der Waals surface area contributed by atoms with E-state index in [0.717, 1.165) is 5.56 Å². The van der Waals surface area contributed by atoms with Gasteiger partial charge in [0, 0.05) is 17.7 Å².